The lowest BCUT2D eigenvalue weighted by Crippen LogP contribution is -2.56. The molecule has 0 spiro atoms. The summed E-state index contributed by atoms with van der Waals surface area (Å²) in [5.41, 5.74) is 0.135. The number of cyclic esters (lactones) is 2. The molecule has 0 aromatic heterocycles. The van der Waals surface area contributed by atoms with Crippen molar-refractivity contribution in [3.05, 3.63) is 35.9 Å². The van der Waals surface area contributed by atoms with Crippen LogP contribution in [0.4, 0.5) is 9.59 Å². The Bertz CT molecular complexity index is 449. The third kappa shape index (κ3) is 3.87. The molecule has 0 atom stereocenters. The molecule has 1 heterocycles. The van der Waals surface area contributed by atoms with Gasteiger partial charge in [-0.2, -0.15) is 0 Å². The van der Waals surface area contributed by atoms with E-state index in [0.29, 0.717) is 0 Å². The normalized spacial score (nSPS) is 17.0. The van der Waals surface area contributed by atoms with E-state index in [0.717, 1.165) is 5.56 Å². The average molecular weight is 265 g/mol. The van der Waals surface area contributed by atoms with Crippen LogP contribution in [0.5, 0.6) is 0 Å². The maximum atomic E-state index is 11.6. The zero-order valence-corrected chi connectivity index (χ0v) is 10.5. The summed E-state index contributed by atoms with van der Waals surface area (Å²) < 4.78 is 14.5. The molecule has 1 aromatic rings. The molecule has 0 unspecified atom stereocenters. The van der Waals surface area contributed by atoms with Crippen molar-refractivity contribution in [2.24, 2.45) is 0 Å². The van der Waals surface area contributed by atoms with Crippen molar-refractivity contribution < 1.29 is 23.8 Å². The van der Waals surface area contributed by atoms with E-state index in [2.05, 4.69) is 5.32 Å². The second-order valence-electron chi connectivity index (χ2n) is 4.57. The molecule has 6 heteroatoms. The van der Waals surface area contributed by atoms with Crippen LogP contribution in [0.3, 0.4) is 0 Å². The number of ether oxygens (including phenoxy) is 3. The Hall–Kier alpha value is -2.24. The average Bonchev–Trinajstić information content (AvgIpc) is 2.41. The molecule has 102 valence electrons. The molecule has 19 heavy (non-hydrogen) atoms. The molecule has 1 N–H and O–H groups in total. The molecule has 0 bridgehead atoms. The van der Waals surface area contributed by atoms with Crippen LogP contribution in [0.25, 0.3) is 0 Å². The van der Waals surface area contributed by atoms with Crippen molar-refractivity contribution in [1.82, 2.24) is 5.32 Å². The molecule has 1 fully saturated rings. The number of hydrogen-bond acceptors (Lipinski definition) is 5. The molecule has 6 nitrogen and oxygen atoms in total. The van der Waals surface area contributed by atoms with E-state index in [1.54, 1.807) is 6.92 Å². The van der Waals surface area contributed by atoms with Gasteiger partial charge in [0.15, 0.2) is 0 Å². The fourth-order valence-electron chi connectivity index (χ4n) is 1.60. The summed E-state index contributed by atoms with van der Waals surface area (Å²) >= 11 is 0. The summed E-state index contributed by atoms with van der Waals surface area (Å²) in [6, 6.07) is 9.35. The quantitative estimate of drug-likeness (QED) is 0.844. The Morgan fingerprint density at radius 2 is 1.95 bits per heavy atom. The number of hydrogen-bond donors (Lipinski definition) is 1. The molecular weight excluding hydrogens is 250 g/mol. The summed E-state index contributed by atoms with van der Waals surface area (Å²) in [6.07, 6.45) is -1.30. The Balaban J connectivity index is 1.79. The first-order chi connectivity index (χ1) is 9.07. The fraction of sp³-hybridized carbons (Fsp3) is 0.385. The highest BCUT2D eigenvalue weighted by atomic mass is 16.7. The first-order valence-electron chi connectivity index (χ1n) is 5.86. The van der Waals surface area contributed by atoms with Gasteiger partial charge in [-0.05, 0) is 12.5 Å². The number of amides is 1. The number of carbonyl (C=O) groups excluding carboxylic acids is 2. The molecule has 2 rings (SSSR count). The highest BCUT2D eigenvalue weighted by Gasteiger charge is 2.35. The standard InChI is InChI=1S/C13H15NO5/c1-13(8-18-12(16)19-9-13)14-11(15)17-7-10-5-3-2-4-6-10/h2-6H,7-9H2,1H3,(H,14,15). The van der Waals surface area contributed by atoms with E-state index in [1.165, 1.54) is 0 Å². The summed E-state index contributed by atoms with van der Waals surface area (Å²) in [5, 5.41) is 2.62. The Labute approximate surface area is 110 Å². The zero-order valence-electron chi connectivity index (χ0n) is 10.5. The molecule has 1 amide bonds. The number of benzene rings is 1. The van der Waals surface area contributed by atoms with Gasteiger partial charge in [0.1, 0.15) is 25.4 Å². The van der Waals surface area contributed by atoms with Gasteiger partial charge >= 0.3 is 12.2 Å². The van der Waals surface area contributed by atoms with Gasteiger partial charge in [-0.15, -0.1) is 0 Å². The van der Waals surface area contributed by atoms with Gasteiger partial charge < -0.3 is 19.5 Å². The van der Waals surface area contributed by atoms with E-state index in [9.17, 15) is 9.59 Å². The van der Waals surface area contributed by atoms with Crippen LogP contribution in [-0.4, -0.2) is 31.0 Å². The van der Waals surface area contributed by atoms with Crippen LogP contribution in [0.2, 0.25) is 0 Å². The lowest BCUT2D eigenvalue weighted by molar-refractivity contribution is -0.0303. The van der Waals surface area contributed by atoms with Crippen LogP contribution in [-0.2, 0) is 20.8 Å². The summed E-state index contributed by atoms with van der Waals surface area (Å²) in [7, 11) is 0. The van der Waals surface area contributed by atoms with Gasteiger partial charge in [0, 0.05) is 0 Å². The molecule has 1 aromatic carbocycles. The third-order valence-corrected chi connectivity index (χ3v) is 2.63. The van der Waals surface area contributed by atoms with Crippen molar-refractivity contribution in [3.8, 4) is 0 Å². The predicted octanol–water partition coefficient (Wildman–Crippen LogP) is 1.84. The fourth-order valence-corrected chi connectivity index (χ4v) is 1.60. The molecular formula is C13H15NO5. The molecule has 0 aliphatic carbocycles. The summed E-state index contributed by atoms with van der Waals surface area (Å²) in [6.45, 7) is 2.02. The molecule has 1 aliphatic heterocycles. The second kappa shape index (κ2) is 5.60. The van der Waals surface area contributed by atoms with Crippen molar-refractivity contribution in [1.29, 1.82) is 0 Å². The first kappa shape index (κ1) is 13.2. The van der Waals surface area contributed by atoms with Crippen molar-refractivity contribution >= 4 is 12.2 Å². The Kier molecular flexibility index (Phi) is 3.89. The monoisotopic (exact) mass is 265 g/mol. The highest BCUT2D eigenvalue weighted by Crippen LogP contribution is 2.12. The maximum absolute atomic E-state index is 11.6. The minimum absolute atomic E-state index is 0.0618. The van der Waals surface area contributed by atoms with Crippen LogP contribution in [0, 0.1) is 0 Å². The maximum Gasteiger partial charge on any atom is 0.508 e. The lowest BCUT2D eigenvalue weighted by atomic mass is 10.1. The second-order valence-corrected chi connectivity index (χ2v) is 4.57. The smallest absolute Gasteiger partial charge is 0.445 e. The molecule has 1 aliphatic rings. The van der Waals surface area contributed by atoms with Gasteiger partial charge in [0.25, 0.3) is 0 Å². The number of carbonyl (C=O) groups is 2. The minimum Gasteiger partial charge on any atom is -0.445 e. The van der Waals surface area contributed by atoms with E-state index >= 15 is 0 Å². The van der Waals surface area contributed by atoms with Gasteiger partial charge in [-0.25, -0.2) is 9.59 Å². The molecule has 1 saturated heterocycles. The van der Waals surface area contributed by atoms with Crippen LogP contribution >= 0.6 is 0 Å². The van der Waals surface area contributed by atoms with Crippen molar-refractivity contribution in [3.63, 3.8) is 0 Å². The van der Waals surface area contributed by atoms with E-state index in [4.69, 9.17) is 14.2 Å². The van der Waals surface area contributed by atoms with E-state index in [-0.39, 0.29) is 19.8 Å². The van der Waals surface area contributed by atoms with Crippen molar-refractivity contribution in [2.75, 3.05) is 13.2 Å². The third-order valence-electron chi connectivity index (χ3n) is 2.63. The largest absolute Gasteiger partial charge is 0.508 e. The van der Waals surface area contributed by atoms with E-state index < -0.39 is 17.8 Å². The Morgan fingerprint density at radius 3 is 2.58 bits per heavy atom. The summed E-state index contributed by atoms with van der Waals surface area (Å²) in [5.74, 6) is 0. The van der Waals surface area contributed by atoms with Gasteiger partial charge in [0.2, 0.25) is 0 Å². The van der Waals surface area contributed by atoms with Crippen molar-refractivity contribution in [2.45, 2.75) is 19.1 Å². The van der Waals surface area contributed by atoms with Crippen LogP contribution in [0.15, 0.2) is 30.3 Å². The van der Waals surface area contributed by atoms with E-state index in [1.807, 2.05) is 30.3 Å². The minimum atomic E-state index is -0.762. The zero-order chi connectivity index (χ0) is 13.7. The summed E-state index contributed by atoms with van der Waals surface area (Å²) in [4.78, 5) is 22.4. The van der Waals surface area contributed by atoms with Gasteiger partial charge in [0.05, 0.1) is 0 Å². The SMILES string of the molecule is CC1(NC(=O)OCc2ccccc2)COC(=O)OC1. The lowest BCUT2D eigenvalue weighted by Gasteiger charge is -2.32. The van der Waals surface area contributed by atoms with Crippen LogP contribution in [0.1, 0.15) is 12.5 Å². The Morgan fingerprint density at radius 1 is 1.32 bits per heavy atom. The number of nitrogens with one attached hydrogen (secondary N) is 1. The highest BCUT2D eigenvalue weighted by molar-refractivity contribution is 5.69. The predicted molar refractivity (Wildman–Crippen MR) is 65.5 cm³/mol. The molecule has 0 saturated carbocycles. The number of rotatable bonds is 3. The van der Waals surface area contributed by atoms with Gasteiger partial charge in [-0.1, -0.05) is 30.3 Å². The number of alkyl carbamates (subject to hydrolysis) is 1. The topological polar surface area (TPSA) is 73.9 Å². The van der Waals surface area contributed by atoms with Crippen LogP contribution < -0.4 is 5.32 Å². The van der Waals surface area contributed by atoms with Gasteiger partial charge in [-0.3, -0.25) is 0 Å². The first-order valence-corrected chi connectivity index (χ1v) is 5.86. The molecule has 0 radical (unpaired) electrons.